The third kappa shape index (κ3) is 3.78. The maximum atomic E-state index is 5.68. The van der Waals surface area contributed by atoms with Crippen molar-refractivity contribution in [2.24, 2.45) is 0 Å². The topological polar surface area (TPSA) is 61.5 Å². The smallest absolute Gasteiger partial charge is 0.221 e. The number of nitrogens with zero attached hydrogens (tertiary/aromatic N) is 5. The molecule has 6 heteroatoms. The summed E-state index contributed by atoms with van der Waals surface area (Å²) in [6.07, 6.45) is 1.80. The quantitative estimate of drug-likeness (QED) is 0.829. The Hall–Kier alpha value is -1.40. The van der Waals surface area contributed by atoms with Crippen LogP contribution in [0.25, 0.3) is 0 Å². The molecular formula is C13H24N6. The van der Waals surface area contributed by atoms with Crippen molar-refractivity contribution in [2.45, 2.75) is 6.92 Å². The summed E-state index contributed by atoms with van der Waals surface area (Å²) < 4.78 is 0. The highest BCUT2D eigenvalue weighted by molar-refractivity contribution is 5.48. The summed E-state index contributed by atoms with van der Waals surface area (Å²) in [6.45, 7) is 8.45. The highest BCUT2D eigenvalue weighted by Gasteiger charge is 2.19. The molecule has 2 rings (SSSR count). The molecule has 0 bridgehead atoms. The first-order chi connectivity index (χ1) is 9.06. The Labute approximate surface area is 115 Å². The minimum absolute atomic E-state index is 0.357. The Morgan fingerprint density at radius 1 is 1.26 bits per heavy atom. The van der Waals surface area contributed by atoms with Crippen molar-refractivity contribution in [3.63, 3.8) is 0 Å². The lowest BCUT2D eigenvalue weighted by atomic mass is 10.2. The third-order valence-corrected chi connectivity index (χ3v) is 3.50. The van der Waals surface area contributed by atoms with Gasteiger partial charge in [-0.15, -0.1) is 0 Å². The van der Waals surface area contributed by atoms with Gasteiger partial charge >= 0.3 is 0 Å². The lowest BCUT2D eigenvalue weighted by Gasteiger charge is -2.36. The van der Waals surface area contributed by atoms with Crippen molar-refractivity contribution in [3.8, 4) is 0 Å². The Kier molecular flexibility index (Phi) is 4.55. The van der Waals surface area contributed by atoms with Gasteiger partial charge < -0.3 is 15.5 Å². The number of likely N-dealkylation sites (N-methyl/N-ethyl adjacent to an activating group) is 1. The SMILES string of the molecule is Cc1cnc(N)nc1N1CCN(CCN(C)C)CC1. The van der Waals surface area contributed by atoms with E-state index in [2.05, 4.69) is 38.8 Å². The van der Waals surface area contributed by atoms with Gasteiger partial charge in [0.1, 0.15) is 5.82 Å². The standard InChI is InChI=1S/C13H24N6/c1-11-10-15-13(14)16-12(11)19-8-6-18(7-9-19)5-4-17(2)3/h10H,4-9H2,1-3H3,(H2,14,15,16). The summed E-state index contributed by atoms with van der Waals surface area (Å²) in [7, 11) is 4.23. The van der Waals surface area contributed by atoms with E-state index < -0.39 is 0 Å². The highest BCUT2D eigenvalue weighted by Crippen LogP contribution is 2.18. The fraction of sp³-hybridized carbons (Fsp3) is 0.692. The van der Waals surface area contributed by atoms with Gasteiger partial charge in [-0.2, -0.15) is 4.98 Å². The van der Waals surface area contributed by atoms with Gasteiger partial charge in [-0.05, 0) is 21.0 Å². The molecule has 106 valence electrons. The van der Waals surface area contributed by atoms with E-state index in [1.54, 1.807) is 6.20 Å². The molecule has 1 fully saturated rings. The average molecular weight is 264 g/mol. The molecule has 1 aliphatic rings. The van der Waals surface area contributed by atoms with E-state index in [1.165, 1.54) is 0 Å². The van der Waals surface area contributed by atoms with E-state index in [4.69, 9.17) is 5.73 Å². The number of anilines is 2. The maximum absolute atomic E-state index is 5.68. The monoisotopic (exact) mass is 264 g/mol. The Morgan fingerprint density at radius 2 is 1.95 bits per heavy atom. The molecule has 2 heterocycles. The largest absolute Gasteiger partial charge is 0.368 e. The normalized spacial score (nSPS) is 17.2. The summed E-state index contributed by atoms with van der Waals surface area (Å²) in [5.74, 6) is 1.34. The minimum atomic E-state index is 0.357. The maximum Gasteiger partial charge on any atom is 0.221 e. The van der Waals surface area contributed by atoms with E-state index in [9.17, 15) is 0 Å². The second-order valence-electron chi connectivity index (χ2n) is 5.37. The lowest BCUT2D eigenvalue weighted by Crippen LogP contribution is -2.48. The van der Waals surface area contributed by atoms with Gasteiger partial charge in [0.25, 0.3) is 0 Å². The van der Waals surface area contributed by atoms with E-state index in [-0.39, 0.29) is 0 Å². The third-order valence-electron chi connectivity index (χ3n) is 3.50. The van der Waals surface area contributed by atoms with Crippen molar-refractivity contribution in [1.29, 1.82) is 0 Å². The average Bonchev–Trinajstić information content (AvgIpc) is 2.40. The van der Waals surface area contributed by atoms with Crippen molar-refractivity contribution < 1.29 is 0 Å². The zero-order valence-corrected chi connectivity index (χ0v) is 12.1. The zero-order chi connectivity index (χ0) is 13.8. The van der Waals surface area contributed by atoms with Crippen LogP contribution in [0.1, 0.15) is 5.56 Å². The summed E-state index contributed by atoms with van der Waals surface area (Å²) in [4.78, 5) is 15.4. The lowest BCUT2D eigenvalue weighted by molar-refractivity contribution is 0.229. The van der Waals surface area contributed by atoms with Gasteiger partial charge in [0.2, 0.25) is 5.95 Å². The van der Waals surface area contributed by atoms with Crippen LogP contribution >= 0.6 is 0 Å². The van der Waals surface area contributed by atoms with Crippen molar-refractivity contribution in [1.82, 2.24) is 19.8 Å². The first-order valence-electron chi connectivity index (χ1n) is 6.77. The molecule has 1 saturated heterocycles. The number of aryl methyl sites for hydroxylation is 1. The summed E-state index contributed by atoms with van der Waals surface area (Å²) in [6, 6.07) is 0. The van der Waals surface area contributed by atoms with E-state index in [0.29, 0.717) is 5.95 Å². The second kappa shape index (κ2) is 6.16. The first kappa shape index (κ1) is 14.0. The van der Waals surface area contributed by atoms with Crippen LogP contribution in [-0.2, 0) is 0 Å². The summed E-state index contributed by atoms with van der Waals surface area (Å²) in [5, 5.41) is 0. The van der Waals surface area contributed by atoms with Gasteiger partial charge in [0.05, 0.1) is 0 Å². The molecule has 2 N–H and O–H groups in total. The molecule has 6 nitrogen and oxygen atoms in total. The molecular weight excluding hydrogens is 240 g/mol. The molecule has 1 aliphatic heterocycles. The summed E-state index contributed by atoms with van der Waals surface area (Å²) in [5.41, 5.74) is 6.77. The van der Waals surface area contributed by atoms with Crippen molar-refractivity contribution in [2.75, 3.05) is 64.0 Å². The molecule has 0 saturated carbocycles. The molecule has 0 atom stereocenters. The van der Waals surface area contributed by atoms with Crippen LogP contribution in [-0.4, -0.2) is 73.1 Å². The number of piperazine rings is 1. The number of hydrogen-bond donors (Lipinski definition) is 1. The molecule has 0 aromatic carbocycles. The fourth-order valence-corrected chi connectivity index (χ4v) is 2.29. The van der Waals surface area contributed by atoms with E-state index in [1.807, 2.05) is 6.92 Å². The Balaban J connectivity index is 1.90. The number of rotatable bonds is 4. The molecule has 0 spiro atoms. The second-order valence-corrected chi connectivity index (χ2v) is 5.37. The molecule has 1 aromatic rings. The number of nitrogens with two attached hydrogens (primary N) is 1. The fourth-order valence-electron chi connectivity index (χ4n) is 2.29. The van der Waals surface area contributed by atoms with Gasteiger partial charge in [0, 0.05) is 51.0 Å². The van der Waals surface area contributed by atoms with E-state index in [0.717, 1.165) is 50.6 Å². The molecule has 0 aliphatic carbocycles. The zero-order valence-electron chi connectivity index (χ0n) is 12.1. The molecule has 19 heavy (non-hydrogen) atoms. The van der Waals surface area contributed by atoms with Crippen molar-refractivity contribution in [3.05, 3.63) is 11.8 Å². The number of hydrogen-bond acceptors (Lipinski definition) is 6. The van der Waals surface area contributed by atoms with Crippen LogP contribution < -0.4 is 10.6 Å². The number of nitrogen functional groups attached to an aromatic ring is 1. The Bertz CT molecular complexity index is 412. The van der Waals surface area contributed by atoms with Gasteiger partial charge in [-0.25, -0.2) is 4.98 Å². The van der Waals surface area contributed by atoms with Crippen LogP contribution in [0.2, 0.25) is 0 Å². The molecule has 0 unspecified atom stereocenters. The van der Waals surface area contributed by atoms with Crippen LogP contribution in [0.15, 0.2) is 6.20 Å². The first-order valence-corrected chi connectivity index (χ1v) is 6.77. The minimum Gasteiger partial charge on any atom is -0.368 e. The van der Waals surface area contributed by atoms with E-state index >= 15 is 0 Å². The highest BCUT2D eigenvalue weighted by atomic mass is 15.3. The Morgan fingerprint density at radius 3 is 2.58 bits per heavy atom. The molecule has 0 amide bonds. The van der Waals surface area contributed by atoms with Crippen LogP contribution in [0, 0.1) is 6.92 Å². The van der Waals surface area contributed by atoms with Gasteiger partial charge in [-0.1, -0.05) is 0 Å². The van der Waals surface area contributed by atoms with Gasteiger partial charge in [0.15, 0.2) is 0 Å². The predicted molar refractivity (Wildman–Crippen MR) is 78.4 cm³/mol. The summed E-state index contributed by atoms with van der Waals surface area (Å²) >= 11 is 0. The van der Waals surface area contributed by atoms with Crippen LogP contribution in [0.4, 0.5) is 11.8 Å². The van der Waals surface area contributed by atoms with Gasteiger partial charge in [-0.3, -0.25) is 4.90 Å². The van der Waals surface area contributed by atoms with Crippen LogP contribution in [0.3, 0.4) is 0 Å². The molecule has 0 radical (unpaired) electrons. The van der Waals surface area contributed by atoms with Crippen LogP contribution in [0.5, 0.6) is 0 Å². The number of aromatic nitrogens is 2. The predicted octanol–water partition coefficient (Wildman–Crippen LogP) is 0.0508. The molecule has 1 aromatic heterocycles. The van der Waals surface area contributed by atoms with Crippen molar-refractivity contribution >= 4 is 11.8 Å².